The van der Waals surface area contributed by atoms with Crippen LogP contribution in [0.25, 0.3) is 0 Å². The zero-order valence-electron chi connectivity index (χ0n) is 5.41. The van der Waals surface area contributed by atoms with Gasteiger partial charge in [0.2, 0.25) is 0 Å². The van der Waals surface area contributed by atoms with E-state index in [4.69, 9.17) is 0 Å². The van der Waals surface area contributed by atoms with E-state index < -0.39 is 0 Å². The van der Waals surface area contributed by atoms with Gasteiger partial charge in [-0.3, -0.25) is 0 Å². The van der Waals surface area contributed by atoms with Crippen molar-refractivity contribution in [2.75, 3.05) is 0 Å². The van der Waals surface area contributed by atoms with Crippen LogP contribution in [0.5, 0.6) is 0 Å². The maximum Gasteiger partial charge on any atom is 5.00 e. The Bertz CT molecular complexity index is 3.90. The Labute approximate surface area is 55.1 Å². The van der Waals surface area contributed by atoms with Gasteiger partial charge in [0.1, 0.15) is 0 Å². The van der Waals surface area contributed by atoms with Gasteiger partial charge < -0.3 is 37.1 Å². The molecule has 0 aliphatic rings. The molecule has 0 rings (SSSR count). The molecule has 0 fully saturated rings. The minimum Gasteiger partial charge on any atom is -0.358 e. The Hall–Kier alpha value is 0.532. The van der Waals surface area contributed by atoms with Crippen LogP contribution in [0.15, 0.2) is 0 Å². The largest absolute Gasteiger partial charge is 5.00 e. The van der Waals surface area contributed by atoms with Gasteiger partial charge in [-0.1, -0.05) is 0 Å². The fourth-order valence-electron chi connectivity index (χ4n) is 0. The molecule has 0 saturated heterocycles. The topological polar surface area (TPSA) is 0 Å². The quantitative estimate of drug-likeness (QED) is 0.438. The van der Waals surface area contributed by atoms with E-state index in [0.29, 0.717) is 0 Å². The smallest absolute Gasteiger partial charge is 0.358 e. The number of hydrogen-bond donors (Lipinski definition) is 0. The Kier molecular flexibility index (Phi) is 47100. The maximum absolute atomic E-state index is 0. The minimum absolute atomic E-state index is 0. The van der Waals surface area contributed by atoms with E-state index in [0.717, 1.165) is 0 Å². The second kappa shape index (κ2) is 401. The molecule has 0 unspecified atom stereocenters. The summed E-state index contributed by atoms with van der Waals surface area (Å²) in [5.41, 5.74) is 0. The molecule has 0 nitrogen and oxygen atoms in total. The first-order chi connectivity index (χ1) is 0. The third-order valence-electron chi connectivity index (χ3n) is 0. The predicted octanol–water partition coefficient (Wildman–Crippen LogP) is 2.25. The molecule has 0 spiro atoms. The van der Waals surface area contributed by atoms with E-state index >= 15 is 0 Å². The molecule has 41 valence electrons. The normalized spacial score (nSPS) is 0. The summed E-state index contributed by atoms with van der Waals surface area (Å²) in [7, 11) is 0. The molecule has 0 aromatic rings. The molecule has 0 aromatic heterocycles. The molecule has 0 saturated carbocycles. The third kappa shape index (κ3) is 199. The molecule has 0 atom stereocenters. The summed E-state index contributed by atoms with van der Waals surface area (Å²) < 4.78 is 0. The van der Waals surface area contributed by atoms with Crippen LogP contribution in [0, 0.1) is 37.1 Å². The van der Waals surface area contributed by atoms with Gasteiger partial charge in [0.05, 0.1) is 0 Å². The van der Waals surface area contributed by atoms with Crippen LogP contribution in [-0.4, -0.2) is 0 Å². The summed E-state index contributed by atoms with van der Waals surface area (Å²) in [6.07, 6.45) is 0. The van der Waals surface area contributed by atoms with Gasteiger partial charge in [0.15, 0.2) is 0 Å². The number of hydrogen-bond acceptors (Lipinski definition) is 0. The summed E-state index contributed by atoms with van der Waals surface area (Å²) in [4.78, 5) is 0. The summed E-state index contributed by atoms with van der Waals surface area (Å²) >= 11 is 0. The molecule has 0 aliphatic heterocycles. The van der Waals surface area contributed by atoms with Crippen molar-refractivity contribution in [2.45, 2.75) is 0 Å². The van der Waals surface area contributed by atoms with Crippen molar-refractivity contribution in [1.82, 2.24) is 0 Å². The Morgan fingerprint density at radius 1 is 0.333 bits per heavy atom. The summed E-state index contributed by atoms with van der Waals surface area (Å²) in [5, 5.41) is 0. The van der Waals surface area contributed by atoms with Crippen LogP contribution in [0.3, 0.4) is 0 Å². The average Bonchev–Trinajstić information content (AvgIpc) is 0. The molecular weight excluding hydrogens is 112 g/mol. The van der Waals surface area contributed by atoms with E-state index in [1.807, 2.05) is 0 Å². The number of rotatable bonds is 0. The van der Waals surface area contributed by atoms with E-state index in [2.05, 4.69) is 0 Å². The van der Waals surface area contributed by atoms with Crippen LogP contribution in [-0.2, 0) is 17.4 Å². The first-order valence-electron chi connectivity index (χ1n) is 0. The molecule has 0 aliphatic carbocycles. The predicted molar refractivity (Wildman–Crippen MR) is 32.1 cm³/mol. The van der Waals surface area contributed by atoms with Gasteiger partial charge in [-0.15, -0.1) is 0 Å². The van der Waals surface area contributed by atoms with Gasteiger partial charge >= 0.3 is 17.4 Å². The first-order valence-corrected chi connectivity index (χ1v) is 0. The third-order valence-corrected chi connectivity index (χ3v) is 0. The second-order valence-corrected chi connectivity index (χ2v) is 0. The summed E-state index contributed by atoms with van der Waals surface area (Å²) in [6.45, 7) is 0. The van der Waals surface area contributed by atoms with E-state index in [9.17, 15) is 0 Å². The van der Waals surface area contributed by atoms with Crippen LogP contribution in [0.1, 0.15) is 0 Å². The monoisotopic (exact) mass is 127 g/mol. The van der Waals surface area contributed by atoms with Gasteiger partial charge in [0.25, 0.3) is 0 Å². The summed E-state index contributed by atoms with van der Waals surface area (Å²) in [5.74, 6) is 0. The standard InChI is InChI=1S/5CH3.Cr/h5*1H3;/q5*-1;+5. The van der Waals surface area contributed by atoms with Gasteiger partial charge in [0, 0.05) is 0 Å². The van der Waals surface area contributed by atoms with E-state index in [1.165, 1.54) is 0 Å². The summed E-state index contributed by atoms with van der Waals surface area (Å²) in [6, 6.07) is 0. The molecule has 0 amide bonds. The van der Waals surface area contributed by atoms with Crippen molar-refractivity contribution in [2.24, 2.45) is 0 Å². The van der Waals surface area contributed by atoms with Crippen molar-refractivity contribution in [3.8, 4) is 0 Å². The molecule has 0 heterocycles. The fraction of sp³-hybridized carbons (Fsp3) is 0. The van der Waals surface area contributed by atoms with Crippen molar-refractivity contribution in [3.63, 3.8) is 0 Å². The Balaban J connectivity index is 0. The molecule has 0 aromatic carbocycles. The van der Waals surface area contributed by atoms with Gasteiger partial charge in [-0.25, -0.2) is 0 Å². The van der Waals surface area contributed by atoms with Crippen molar-refractivity contribution >= 4 is 0 Å². The van der Waals surface area contributed by atoms with E-state index in [1.54, 1.807) is 0 Å². The Morgan fingerprint density at radius 2 is 0.333 bits per heavy atom. The van der Waals surface area contributed by atoms with E-state index in [-0.39, 0.29) is 54.5 Å². The van der Waals surface area contributed by atoms with Crippen LogP contribution < -0.4 is 0 Å². The maximum atomic E-state index is 0. The van der Waals surface area contributed by atoms with Crippen LogP contribution in [0.4, 0.5) is 0 Å². The first kappa shape index (κ1) is 705. The van der Waals surface area contributed by atoms with Gasteiger partial charge in [-0.2, -0.15) is 0 Å². The Morgan fingerprint density at radius 3 is 0.333 bits per heavy atom. The zero-order valence-corrected chi connectivity index (χ0v) is 6.68. The second-order valence-electron chi connectivity index (χ2n) is 0. The molecule has 0 N–H and O–H groups in total. The minimum atomic E-state index is 0. The van der Waals surface area contributed by atoms with Crippen molar-refractivity contribution in [3.05, 3.63) is 37.1 Å². The fourth-order valence-corrected chi connectivity index (χ4v) is 0. The van der Waals surface area contributed by atoms with Crippen LogP contribution in [0.2, 0.25) is 0 Å². The molecule has 1 radical (unpaired) electrons. The molecule has 6 heavy (non-hydrogen) atoms. The molecular formula is C5H15Cr. The van der Waals surface area contributed by atoms with Gasteiger partial charge in [-0.05, 0) is 0 Å². The average molecular weight is 127 g/mol. The van der Waals surface area contributed by atoms with Crippen LogP contribution >= 0.6 is 0 Å². The molecule has 1 heteroatoms. The van der Waals surface area contributed by atoms with Crippen molar-refractivity contribution < 1.29 is 17.4 Å². The SMILES string of the molecule is [CH3-].[CH3-].[CH3-].[CH3-].[CH3-].[Cr+5]. The van der Waals surface area contributed by atoms with Crippen molar-refractivity contribution in [1.29, 1.82) is 0 Å². The zero-order chi connectivity index (χ0) is 0. The molecule has 0 bridgehead atoms.